The summed E-state index contributed by atoms with van der Waals surface area (Å²) in [6.07, 6.45) is 8.04. The van der Waals surface area contributed by atoms with Crippen molar-refractivity contribution in [1.82, 2.24) is 9.80 Å². The van der Waals surface area contributed by atoms with E-state index in [2.05, 4.69) is 15.1 Å². The Kier molecular flexibility index (Phi) is 6.82. The number of nitrogens with one attached hydrogen (secondary N) is 1. The fourth-order valence-corrected chi connectivity index (χ4v) is 4.06. The lowest BCUT2D eigenvalue weighted by Gasteiger charge is -2.28. The molecule has 0 atom stereocenters. The molecule has 1 N–H and O–H groups in total. The summed E-state index contributed by atoms with van der Waals surface area (Å²) in [4.78, 5) is 17.0. The number of amides is 1. The molecule has 1 saturated heterocycles. The highest BCUT2D eigenvalue weighted by atomic mass is 19.1. The molecule has 1 aromatic rings. The summed E-state index contributed by atoms with van der Waals surface area (Å²) in [5.41, 5.74) is 0.265. The molecule has 1 saturated carbocycles. The molecule has 1 amide bonds. The highest BCUT2D eigenvalue weighted by Gasteiger charge is 2.21. The maximum atomic E-state index is 13.6. The molecule has 1 aliphatic carbocycles. The van der Waals surface area contributed by atoms with Crippen molar-refractivity contribution in [2.24, 2.45) is 5.92 Å². The first-order chi connectivity index (χ1) is 12.2. The van der Waals surface area contributed by atoms with Crippen LogP contribution >= 0.6 is 0 Å². The maximum Gasteiger partial charge on any atom is 0.238 e. The summed E-state index contributed by atoms with van der Waals surface area (Å²) in [5, 5.41) is 2.69. The molecular weight excluding hydrogens is 317 g/mol. The van der Waals surface area contributed by atoms with Crippen LogP contribution in [0.5, 0.6) is 0 Å². The summed E-state index contributed by atoms with van der Waals surface area (Å²) in [6.45, 7) is 5.57. The Morgan fingerprint density at radius 2 is 1.72 bits per heavy atom. The van der Waals surface area contributed by atoms with E-state index in [0.29, 0.717) is 6.54 Å². The fourth-order valence-electron chi connectivity index (χ4n) is 4.06. The lowest BCUT2D eigenvalue weighted by atomic mass is 9.89. The van der Waals surface area contributed by atoms with E-state index in [-0.39, 0.29) is 17.4 Å². The number of para-hydroxylation sites is 1. The van der Waals surface area contributed by atoms with E-state index in [9.17, 15) is 9.18 Å². The molecule has 25 heavy (non-hydrogen) atoms. The average Bonchev–Trinajstić information content (AvgIpc) is 2.83. The van der Waals surface area contributed by atoms with Gasteiger partial charge in [-0.15, -0.1) is 0 Å². The number of benzene rings is 1. The van der Waals surface area contributed by atoms with Crippen LogP contribution in [0.3, 0.4) is 0 Å². The van der Waals surface area contributed by atoms with Gasteiger partial charge in [0.1, 0.15) is 5.82 Å². The van der Waals surface area contributed by atoms with Crippen molar-refractivity contribution in [1.29, 1.82) is 0 Å². The zero-order chi connectivity index (χ0) is 17.5. The van der Waals surface area contributed by atoms with Crippen LogP contribution < -0.4 is 5.32 Å². The third-order valence-corrected chi connectivity index (χ3v) is 5.44. The number of anilines is 1. The predicted molar refractivity (Wildman–Crippen MR) is 99.1 cm³/mol. The van der Waals surface area contributed by atoms with Gasteiger partial charge in [0.15, 0.2) is 0 Å². The van der Waals surface area contributed by atoms with E-state index in [4.69, 9.17) is 0 Å². The van der Waals surface area contributed by atoms with Gasteiger partial charge >= 0.3 is 0 Å². The van der Waals surface area contributed by atoms with E-state index in [1.54, 1.807) is 18.2 Å². The number of carbonyl (C=O) groups is 1. The van der Waals surface area contributed by atoms with Crippen LogP contribution in [0.1, 0.15) is 38.5 Å². The normalized spacial score (nSPS) is 21.0. The van der Waals surface area contributed by atoms with Crippen LogP contribution in [0.2, 0.25) is 0 Å². The van der Waals surface area contributed by atoms with Gasteiger partial charge in [0.25, 0.3) is 0 Å². The van der Waals surface area contributed by atoms with Crippen LogP contribution in [0.4, 0.5) is 10.1 Å². The summed E-state index contributed by atoms with van der Waals surface area (Å²) >= 11 is 0. The monoisotopic (exact) mass is 347 g/mol. The third-order valence-electron chi connectivity index (χ3n) is 5.44. The number of rotatable bonds is 5. The van der Waals surface area contributed by atoms with Crippen molar-refractivity contribution in [3.8, 4) is 0 Å². The number of carbonyl (C=O) groups excluding carboxylic acids is 1. The van der Waals surface area contributed by atoms with Gasteiger partial charge in [0, 0.05) is 19.6 Å². The second kappa shape index (κ2) is 9.30. The molecule has 3 rings (SSSR count). The van der Waals surface area contributed by atoms with E-state index < -0.39 is 0 Å². The molecule has 0 radical (unpaired) electrons. The topological polar surface area (TPSA) is 35.6 Å². The minimum atomic E-state index is -0.384. The predicted octanol–water partition coefficient (Wildman–Crippen LogP) is 3.35. The quantitative estimate of drug-likeness (QED) is 0.887. The van der Waals surface area contributed by atoms with Crippen LogP contribution in [0.25, 0.3) is 0 Å². The minimum Gasteiger partial charge on any atom is -0.322 e. The van der Waals surface area contributed by atoms with Crippen molar-refractivity contribution >= 4 is 11.6 Å². The lowest BCUT2D eigenvalue weighted by Crippen LogP contribution is -2.37. The minimum absolute atomic E-state index is 0.133. The third kappa shape index (κ3) is 5.79. The lowest BCUT2D eigenvalue weighted by molar-refractivity contribution is -0.117. The first-order valence-corrected chi connectivity index (χ1v) is 9.70. The van der Waals surface area contributed by atoms with E-state index in [1.165, 1.54) is 44.7 Å². The molecule has 138 valence electrons. The van der Waals surface area contributed by atoms with Gasteiger partial charge in [-0.3, -0.25) is 9.69 Å². The van der Waals surface area contributed by atoms with Gasteiger partial charge in [-0.1, -0.05) is 31.4 Å². The summed E-state index contributed by atoms with van der Waals surface area (Å²) in [5.74, 6) is 0.348. The molecule has 0 bridgehead atoms. The summed E-state index contributed by atoms with van der Waals surface area (Å²) in [6, 6.07) is 6.32. The Morgan fingerprint density at radius 1 is 1.00 bits per heavy atom. The molecule has 0 aromatic heterocycles. The Hall–Kier alpha value is -1.46. The van der Waals surface area contributed by atoms with Gasteiger partial charge in [-0.25, -0.2) is 4.39 Å². The zero-order valence-electron chi connectivity index (χ0n) is 15.1. The molecular formula is C20H30FN3O. The second-order valence-electron chi connectivity index (χ2n) is 7.46. The molecule has 1 aromatic carbocycles. The van der Waals surface area contributed by atoms with Crippen LogP contribution in [-0.4, -0.2) is 55.0 Å². The Labute approximate surface area is 150 Å². The van der Waals surface area contributed by atoms with Crippen molar-refractivity contribution in [3.63, 3.8) is 0 Å². The molecule has 4 nitrogen and oxygen atoms in total. The molecule has 1 heterocycles. The summed E-state index contributed by atoms with van der Waals surface area (Å²) < 4.78 is 13.6. The van der Waals surface area contributed by atoms with Crippen molar-refractivity contribution in [3.05, 3.63) is 30.1 Å². The molecule has 5 heteroatoms. The molecule has 0 unspecified atom stereocenters. The molecule has 0 spiro atoms. The SMILES string of the molecule is O=C(CN1CCCN(CC2CCCCC2)CC1)Nc1ccccc1F. The zero-order valence-corrected chi connectivity index (χ0v) is 15.1. The maximum absolute atomic E-state index is 13.6. The highest BCUT2D eigenvalue weighted by Crippen LogP contribution is 2.24. The fraction of sp³-hybridized carbons (Fsp3) is 0.650. The smallest absolute Gasteiger partial charge is 0.238 e. The van der Waals surface area contributed by atoms with Gasteiger partial charge in [0.2, 0.25) is 5.91 Å². The summed E-state index contributed by atoms with van der Waals surface area (Å²) in [7, 11) is 0. The van der Waals surface area contributed by atoms with E-state index in [1.807, 2.05) is 0 Å². The number of halogens is 1. The van der Waals surface area contributed by atoms with Crippen molar-refractivity contribution < 1.29 is 9.18 Å². The average molecular weight is 347 g/mol. The van der Waals surface area contributed by atoms with Gasteiger partial charge in [-0.05, 0) is 50.4 Å². The van der Waals surface area contributed by atoms with Crippen molar-refractivity contribution in [2.45, 2.75) is 38.5 Å². The van der Waals surface area contributed by atoms with Crippen LogP contribution in [0, 0.1) is 11.7 Å². The van der Waals surface area contributed by atoms with E-state index in [0.717, 1.165) is 38.5 Å². The van der Waals surface area contributed by atoms with Crippen molar-refractivity contribution in [2.75, 3.05) is 44.6 Å². The van der Waals surface area contributed by atoms with Gasteiger partial charge in [0.05, 0.1) is 12.2 Å². The van der Waals surface area contributed by atoms with E-state index >= 15 is 0 Å². The van der Waals surface area contributed by atoms with Crippen LogP contribution in [-0.2, 0) is 4.79 Å². The number of nitrogens with zero attached hydrogens (tertiary/aromatic N) is 2. The number of hydrogen-bond donors (Lipinski definition) is 1. The Balaban J connectivity index is 1.43. The van der Waals surface area contributed by atoms with Gasteiger partial charge < -0.3 is 10.2 Å². The Bertz CT molecular complexity index is 560. The molecule has 2 aliphatic rings. The first-order valence-electron chi connectivity index (χ1n) is 9.70. The first kappa shape index (κ1) is 18.3. The van der Waals surface area contributed by atoms with Gasteiger partial charge in [-0.2, -0.15) is 0 Å². The van der Waals surface area contributed by atoms with Crippen LogP contribution in [0.15, 0.2) is 24.3 Å². The highest BCUT2D eigenvalue weighted by molar-refractivity contribution is 5.92. The molecule has 2 fully saturated rings. The standard InChI is InChI=1S/C20H30FN3O/c21-18-9-4-5-10-19(18)22-20(25)16-24-12-6-11-23(13-14-24)15-17-7-2-1-3-8-17/h4-5,9-10,17H,1-3,6-8,11-16H2,(H,22,25). The largest absolute Gasteiger partial charge is 0.322 e. The second-order valence-corrected chi connectivity index (χ2v) is 7.46. The molecule has 1 aliphatic heterocycles. The Morgan fingerprint density at radius 3 is 2.52 bits per heavy atom. The number of hydrogen-bond acceptors (Lipinski definition) is 3.